The number of phenolic OH excluding ortho intramolecular Hbond substituents is 1. The van der Waals surface area contributed by atoms with Gasteiger partial charge in [0, 0.05) is 11.1 Å². The average Bonchev–Trinajstić information content (AvgIpc) is 2.38. The lowest BCUT2D eigenvalue weighted by molar-refractivity contribution is 0.445. The van der Waals surface area contributed by atoms with Crippen molar-refractivity contribution in [2.75, 3.05) is 0 Å². The quantitative estimate of drug-likeness (QED) is 0.777. The Morgan fingerprint density at radius 1 is 0.947 bits per heavy atom. The number of hydrogen-bond donors (Lipinski definition) is 2. The van der Waals surface area contributed by atoms with Gasteiger partial charge in [0.2, 0.25) is 0 Å². The van der Waals surface area contributed by atoms with Crippen molar-refractivity contribution in [1.82, 2.24) is 0 Å². The third-order valence-electron chi connectivity index (χ3n) is 3.18. The monoisotopic (exact) mass is 253 g/mol. The lowest BCUT2D eigenvalue weighted by Crippen LogP contribution is -2.13. The largest absolute Gasteiger partial charge is 0.507 e. The highest BCUT2D eigenvalue weighted by Crippen LogP contribution is 2.33. The molecule has 0 aromatic heterocycles. The van der Waals surface area contributed by atoms with Crippen molar-refractivity contribution in [1.29, 1.82) is 5.41 Å². The second-order valence-electron chi connectivity index (χ2n) is 5.69. The molecular formula is C17H19NO. The highest BCUT2D eigenvalue weighted by atomic mass is 16.3. The molecule has 0 saturated heterocycles. The molecule has 0 saturated carbocycles. The summed E-state index contributed by atoms with van der Waals surface area (Å²) in [4.78, 5) is 0. The molecule has 0 heterocycles. The van der Waals surface area contributed by atoms with E-state index in [0.29, 0.717) is 11.3 Å². The van der Waals surface area contributed by atoms with Gasteiger partial charge in [0.15, 0.2) is 0 Å². The van der Waals surface area contributed by atoms with Crippen LogP contribution >= 0.6 is 0 Å². The second kappa shape index (κ2) is 4.88. The number of para-hydroxylation sites is 1. The lowest BCUT2D eigenvalue weighted by Gasteiger charge is -2.22. The summed E-state index contributed by atoms with van der Waals surface area (Å²) < 4.78 is 0. The Kier molecular flexibility index (Phi) is 3.43. The molecule has 2 aromatic rings. The van der Waals surface area contributed by atoms with Crippen LogP contribution in [-0.2, 0) is 5.41 Å². The Hall–Kier alpha value is -2.09. The van der Waals surface area contributed by atoms with E-state index < -0.39 is 0 Å². The van der Waals surface area contributed by atoms with Crippen LogP contribution in [0.25, 0.3) is 0 Å². The zero-order chi connectivity index (χ0) is 14.0. The number of rotatable bonds is 2. The minimum Gasteiger partial charge on any atom is -0.507 e. The molecule has 2 rings (SSSR count). The minimum atomic E-state index is -0.142. The smallest absolute Gasteiger partial charge is 0.128 e. The molecule has 0 aliphatic rings. The first-order valence-electron chi connectivity index (χ1n) is 6.38. The molecule has 19 heavy (non-hydrogen) atoms. The topological polar surface area (TPSA) is 44.1 Å². The van der Waals surface area contributed by atoms with Gasteiger partial charge in [-0.1, -0.05) is 63.2 Å². The maximum atomic E-state index is 10.4. The summed E-state index contributed by atoms with van der Waals surface area (Å²) in [6.45, 7) is 6.16. The third-order valence-corrected chi connectivity index (χ3v) is 3.18. The summed E-state index contributed by atoms with van der Waals surface area (Å²) in [6, 6.07) is 15.1. The maximum absolute atomic E-state index is 10.4. The number of nitrogens with one attached hydrogen (secondary N) is 1. The summed E-state index contributed by atoms with van der Waals surface area (Å²) in [7, 11) is 0. The SMILES string of the molecule is CC(C)(C)c1cccc(C(=N)c2ccccc2)c1O. The highest BCUT2D eigenvalue weighted by Gasteiger charge is 2.21. The van der Waals surface area contributed by atoms with E-state index in [1.807, 2.05) is 42.5 Å². The van der Waals surface area contributed by atoms with Gasteiger partial charge in [-0.15, -0.1) is 0 Å². The zero-order valence-electron chi connectivity index (χ0n) is 11.6. The molecule has 0 bridgehead atoms. The van der Waals surface area contributed by atoms with E-state index in [4.69, 9.17) is 5.41 Å². The van der Waals surface area contributed by atoms with Gasteiger partial charge >= 0.3 is 0 Å². The van der Waals surface area contributed by atoms with E-state index in [1.165, 1.54) is 0 Å². The van der Waals surface area contributed by atoms with Crippen molar-refractivity contribution in [2.45, 2.75) is 26.2 Å². The van der Waals surface area contributed by atoms with Gasteiger partial charge in [-0.05, 0) is 17.0 Å². The number of benzene rings is 2. The molecule has 0 spiro atoms. The molecule has 2 aromatic carbocycles. The fraction of sp³-hybridized carbons (Fsp3) is 0.235. The van der Waals surface area contributed by atoms with Gasteiger partial charge in [-0.25, -0.2) is 0 Å². The van der Waals surface area contributed by atoms with Crippen LogP contribution in [0.2, 0.25) is 0 Å². The standard InChI is InChI=1S/C17H19NO/c1-17(2,3)14-11-7-10-13(16(14)19)15(18)12-8-5-4-6-9-12/h4-11,18-19H,1-3H3. The summed E-state index contributed by atoms with van der Waals surface area (Å²) in [5, 5.41) is 18.7. The molecule has 0 aliphatic heterocycles. The maximum Gasteiger partial charge on any atom is 0.128 e. The van der Waals surface area contributed by atoms with Crippen molar-refractivity contribution in [3.8, 4) is 5.75 Å². The van der Waals surface area contributed by atoms with Crippen LogP contribution in [0.1, 0.15) is 37.5 Å². The van der Waals surface area contributed by atoms with Gasteiger partial charge < -0.3 is 5.11 Å². The molecule has 0 unspecified atom stereocenters. The highest BCUT2D eigenvalue weighted by molar-refractivity contribution is 6.12. The van der Waals surface area contributed by atoms with Crippen LogP contribution in [0, 0.1) is 5.41 Å². The Morgan fingerprint density at radius 2 is 1.58 bits per heavy atom. The molecular weight excluding hydrogens is 234 g/mol. The van der Waals surface area contributed by atoms with E-state index in [2.05, 4.69) is 20.8 Å². The molecule has 0 amide bonds. The number of hydrogen-bond acceptors (Lipinski definition) is 2. The van der Waals surface area contributed by atoms with Gasteiger partial charge in [-0.3, -0.25) is 5.41 Å². The second-order valence-corrected chi connectivity index (χ2v) is 5.69. The fourth-order valence-electron chi connectivity index (χ4n) is 2.11. The molecule has 98 valence electrons. The summed E-state index contributed by atoms with van der Waals surface area (Å²) >= 11 is 0. The average molecular weight is 253 g/mol. The van der Waals surface area contributed by atoms with Crippen LogP contribution in [0.15, 0.2) is 48.5 Å². The van der Waals surface area contributed by atoms with E-state index in [9.17, 15) is 5.11 Å². The summed E-state index contributed by atoms with van der Waals surface area (Å²) in [5.41, 5.74) is 2.47. The molecule has 0 radical (unpaired) electrons. The normalized spacial score (nSPS) is 11.3. The van der Waals surface area contributed by atoms with Gasteiger partial charge in [0.25, 0.3) is 0 Å². The molecule has 2 heteroatoms. The van der Waals surface area contributed by atoms with E-state index >= 15 is 0 Å². The minimum absolute atomic E-state index is 0.142. The fourth-order valence-corrected chi connectivity index (χ4v) is 2.11. The Morgan fingerprint density at radius 3 is 2.16 bits per heavy atom. The van der Waals surface area contributed by atoms with E-state index in [-0.39, 0.29) is 11.2 Å². The van der Waals surface area contributed by atoms with Crippen LogP contribution in [0.4, 0.5) is 0 Å². The summed E-state index contributed by atoms with van der Waals surface area (Å²) in [6.07, 6.45) is 0. The summed E-state index contributed by atoms with van der Waals surface area (Å²) in [5.74, 6) is 0.212. The van der Waals surface area contributed by atoms with E-state index in [0.717, 1.165) is 11.1 Å². The number of phenols is 1. The molecule has 2 N–H and O–H groups in total. The first kappa shape index (κ1) is 13.3. The van der Waals surface area contributed by atoms with Crippen LogP contribution in [0.3, 0.4) is 0 Å². The molecule has 0 atom stereocenters. The first-order valence-corrected chi connectivity index (χ1v) is 6.38. The van der Waals surface area contributed by atoms with Crippen LogP contribution < -0.4 is 0 Å². The zero-order valence-corrected chi connectivity index (χ0v) is 11.6. The van der Waals surface area contributed by atoms with Gasteiger partial charge in [0.1, 0.15) is 5.75 Å². The van der Waals surface area contributed by atoms with E-state index in [1.54, 1.807) is 6.07 Å². The lowest BCUT2D eigenvalue weighted by atomic mass is 9.84. The molecule has 0 aliphatic carbocycles. The predicted octanol–water partition coefficient (Wildman–Crippen LogP) is 4.11. The van der Waals surface area contributed by atoms with Gasteiger partial charge in [-0.2, -0.15) is 0 Å². The van der Waals surface area contributed by atoms with Crippen molar-refractivity contribution >= 4 is 5.71 Å². The van der Waals surface area contributed by atoms with Crippen LogP contribution in [-0.4, -0.2) is 10.8 Å². The molecule has 0 fully saturated rings. The van der Waals surface area contributed by atoms with Crippen molar-refractivity contribution < 1.29 is 5.11 Å². The third kappa shape index (κ3) is 2.68. The van der Waals surface area contributed by atoms with Crippen molar-refractivity contribution in [3.05, 3.63) is 65.2 Å². The molecule has 2 nitrogen and oxygen atoms in total. The Labute approximate surface area is 114 Å². The van der Waals surface area contributed by atoms with Crippen molar-refractivity contribution in [2.24, 2.45) is 0 Å². The first-order chi connectivity index (χ1) is 8.91. The van der Waals surface area contributed by atoms with Gasteiger partial charge in [0.05, 0.1) is 5.71 Å². The Balaban J connectivity index is 2.50. The Bertz CT molecular complexity index is 594. The van der Waals surface area contributed by atoms with Crippen molar-refractivity contribution in [3.63, 3.8) is 0 Å². The predicted molar refractivity (Wildman–Crippen MR) is 79.2 cm³/mol. The number of aromatic hydroxyl groups is 1. The van der Waals surface area contributed by atoms with Crippen LogP contribution in [0.5, 0.6) is 5.75 Å².